The number of benzene rings is 1. The van der Waals surface area contributed by atoms with Crippen LogP contribution in [0.1, 0.15) is 97.2 Å². The SMILES string of the molecule is CC[C@H](C)[C@@H]1NC(=O)[C@H](CC(=O)O)NC(=O)[C@@H]2CCCN2C(=O)[C@H](CC(N)=O)NC(=O)[C@H](CC(N)=O)NC(=O)[C@H](C(C)C)NC(=O)[C@H](Cc2ccc(O)cc2)NC(=O)[C@@H]2CSSC[C@H](NC(=O)CN)C(=O)N[C@@H](CSSC[C@@H](C(N)=O)NC1=O)C(=O)N[C@@H](CO)C(=O)N[C@@H](Cc1cnc[nH]1)C(=O)N1CCC[C@H]1C(=O)N[C@@H](C)C(=O)N2. The molecular weight excluding hydrogens is 1590 g/mol. The number of fused-ring (bicyclic) bond motifs is 10. The Morgan fingerprint density at radius 1 is 0.539 bits per heavy atom. The highest BCUT2D eigenvalue weighted by molar-refractivity contribution is 8.77. The number of carbonyl (C=O) groups excluding carboxylic acids is 18. The number of aliphatic hydroxyl groups excluding tert-OH is 1. The van der Waals surface area contributed by atoms with E-state index in [0.717, 1.165) is 53.0 Å². The van der Waals surface area contributed by atoms with Gasteiger partial charge in [0, 0.05) is 60.8 Å². The zero-order valence-corrected chi connectivity index (χ0v) is 66.7. The van der Waals surface area contributed by atoms with Gasteiger partial charge in [-0.2, -0.15) is 0 Å². The van der Waals surface area contributed by atoms with Crippen LogP contribution in [0.5, 0.6) is 5.75 Å². The predicted octanol–water partition coefficient (Wildman–Crippen LogP) is -8.64. The summed E-state index contributed by atoms with van der Waals surface area (Å²) in [5.74, 6) is -25.4. The molecule has 47 heteroatoms. The second-order valence-electron chi connectivity index (χ2n) is 27.9. The summed E-state index contributed by atoms with van der Waals surface area (Å²) in [4.78, 5) is 277. The van der Waals surface area contributed by atoms with E-state index in [-0.39, 0.29) is 62.9 Å². The number of carbonyl (C=O) groups is 19. The number of aliphatic hydroxyl groups is 1. The van der Waals surface area contributed by atoms with Gasteiger partial charge in [0.1, 0.15) is 96.4 Å². The second-order valence-corrected chi connectivity index (χ2v) is 33.0. The first-order valence-electron chi connectivity index (χ1n) is 36.6. The number of carboxylic acids is 1. The number of phenols is 1. The average Bonchev–Trinajstić information content (AvgIpc) is 1.74. The van der Waals surface area contributed by atoms with Crippen LogP contribution in [-0.2, 0) is 104 Å². The minimum Gasteiger partial charge on any atom is -0.508 e. The molecular formula is C68H99N21O22S4. The predicted molar refractivity (Wildman–Crippen MR) is 414 cm³/mol. The fourth-order valence-electron chi connectivity index (χ4n) is 12.3. The lowest BCUT2D eigenvalue weighted by Crippen LogP contribution is -2.62. The van der Waals surface area contributed by atoms with Crippen LogP contribution in [0.2, 0.25) is 0 Å². The maximum Gasteiger partial charge on any atom is 0.305 e. The standard InChI is InChI=1S/C68H99N21O22S4/c1-6-31(4)53-66(109)83-42(54(72)97)25-112-114-28-45-62(105)82-41(24-90)59(102)80-39(18-34-23-73-29-74-34)67(110)88-15-7-9-46(88)63(106)75-32(5)55(98)84-44(27-115-113-26-43(60(103)85-45)76-50(94)22-69)61(104)77-36(17-33-11-13-35(91)14-12-33)57(100)86-52(30(2)3)65(108)79-37(19-48(70)92)56(99)81-40(20-49(71)93)68(111)89-16-8-10-47(89)64(107)78-38(21-51(95)96)58(101)87-53/h11-14,23,29-32,36-47,52-53,90-91H,6-10,15-22,24-28,69H2,1-5H3,(H2,70,92)(H2,71,93)(H2,72,97)(H,73,74)(H,75,106)(H,76,94)(H,77,104)(H,78,107)(H,79,108)(H,80,102)(H,81,99)(H,82,105)(H,83,109)(H,84,98)(H,85,103)(H,86,100)(H,87,101)(H,95,96)/t31-,32-,36-,37-,38-,39-,40-,41-,42-,43-,44-,45-,46-,47-,52-,53-/m0/s1. The zero-order valence-electron chi connectivity index (χ0n) is 63.4. The molecule has 4 aliphatic rings. The van der Waals surface area contributed by atoms with E-state index in [9.17, 15) is 102 Å². The molecule has 1 aromatic heterocycles. The molecule has 16 atom stereocenters. The highest BCUT2D eigenvalue weighted by atomic mass is 33.1. The summed E-state index contributed by atoms with van der Waals surface area (Å²) in [5, 5.41) is 62.9. The molecule has 1 aromatic carbocycles. The van der Waals surface area contributed by atoms with Gasteiger partial charge < -0.3 is 122 Å². The van der Waals surface area contributed by atoms with E-state index in [4.69, 9.17) is 22.9 Å². The number of carboxylic acid groups (broad SMARTS) is 1. The van der Waals surface area contributed by atoms with Crippen molar-refractivity contribution in [3.8, 4) is 5.75 Å². The number of amides is 18. The van der Waals surface area contributed by atoms with E-state index in [0.29, 0.717) is 5.69 Å². The van der Waals surface area contributed by atoms with Crippen LogP contribution in [0, 0.1) is 11.8 Å². The fraction of sp³-hybridized carbons (Fsp3) is 0.588. The Hall–Kier alpha value is -10.5. The summed E-state index contributed by atoms with van der Waals surface area (Å²) in [6.45, 7) is 5.12. The van der Waals surface area contributed by atoms with Crippen LogP contribution < -0.4 is 92.1 Å². The number of nitrogens with two attached hydrogens (primary N) is 4. The monoisotopic (exact) mass is 1690 g/mol. The van der Waals surface area contributed by atoms with E-state index in [1.165, 1.54) is 64.5 Å². The lowest BCUT2D eigenvalue weighted by atomic mass is 9.97. The number of rotatable bonds is 17. The van der Waals surface area contributed by atoms with Crippen LogP contribution in [0.4, 0.5) is 0 Å². The van der Waals surface area contributed by atoms with E-state index in [2.05, 4.69) is 79.1 Å². The van der Waals surface area contributed by atoms with Crippen molar-refractivity contribution < 1.29 is 106 Å². The molecule has 632 valence electrons. The average molecular weight is 1690 g/mol. The van der Waals surface area contributed by atoms with Crippen molar-refractivity contribution in [2.45, 2.75) is 189 Å². The molecule has 0 spiro atoms. The van der Waals surface area contributed by atoms with E-state index >= 15 is 4.79 Å². The second kappa shape index (κ2) is 45.0. The Morgan fingerprint density at radius 2 is 1.02 bits per heavy atom. The summed E-state index contributed by atoms with van der Waals surface area (Å²) >= 11 is 0. The van der Waals surface area contributed by atoms with Gasteiger partial charge in [0.2, 0.25) is 106 Å². The van der Waals surface area contributed by atoms with Gasteiger partial charge in [-0.05, 0) is 62.1 Å². The molecule has 43 nitrogen and oxygen atoms in total. The number of nitrogens with zero attached hydrogens (tertiary/aromatic N) is 3. The van der Waals surface area contributed by atoms with Crippen molar-refractivity contribution in [2.75, 3.05) is 49.3 Å². The van der Waals surface area contributed by atoms with Crippen molar-refractivity contribution >= 4 is 155 Å². The van der Waals surface area contributed by atoms with Gasteiger partial charge in [-0.25, -0.2) is 4.98 Å². The number of aromatic amines is 1. The fourth-order valence-corrected chi connectivity index (χ4v) is 17.0. The van der Waals surface area contributed by atoms with Crippen LogP contribution in [0.15, 0.2) is 36.8 Å². The van der Waals surface area contributed by atoms with Gasteiger partial charge in [-0.15, -0.1) is 0 Å². The van der Waals surface area contributed by atoms with Crippen molar-refractivity contribution in [3.63, 3.8) is 0 Å². The summed E-state index contributed by atoms with van der Waals surface area (Å²) in [5.41, 5.74) is 23.2. The van der Waals surface area contributed by atoms with Gasteiger partial charge in [-0.3, -0.25) is 91.1 Å². The van der Waals surface area contributed by atoms with E-state index in [1.54, 1.807) is 6.92 Å². The number of aromatic nitrogens is 2. The Bertz CT molecular complexity index is 3910. The van der Waals surface area contributed by atoms with Crippen LogP contribution in [0.25, 0.3) is 0 Å². The number of primary amides is 3. The molecule has 6 rings (SSSR count). The number of aliphatic carboxylic acids is 1. The minimum atomic E-state index is -2.01. The molecule has 2 aromatic rings. The Balaban J connectivity index is 1.49. The molecule has 4 fully saturated rings. The highest BCUT2D eigenvalue weighted by Gasteiger charge is 2.45. The Morgan fingerprint density at radius 3 is 1.57 bits per heavy atom. The van der Waals surface area contributed by atoms with E-state index in [1.807, 2.05) is 0 Å². The molecule has 4 aliphatic heterocycles. The van der Waals surface area contributed by atoms with Crippen LogP contribution in [0.3, 0.4) is 0 Å². The molecule has 0 radical (unpaired) electrons. The smallest absolute Gasteiger partial charge is 0.305 e. The van der Waals surface area contributed by atoms with Gasteiger partial charge in [0.15, 0.2) is 0 Å². The number of imidazole rings is 1. The first-order chi connectivity index (χ1) is 54.4. The molecule has 2 bridgehead atoms. The first-order valence-corrected chi connectivity index (χ1v) is 41.6. The van der Waals surface area contributed by atoms with Crippen molar-refractivity contribution in [3.05, 3.63) is 48.0 Å². The maximum absolute atomic E-state index is 15.1. The Labute approximate surface area is 674 Å². The lowest BCUT2D eigenvalue weighted by Gasteiger charge is -2.31. The van der Waals surface area contributed by atoms with Gasteiger partial charge in [-0.1, -0.05) is 89.4 Å². The molecule has 25 N–H and O–H groups in total. The van der Waals surface area contributed by atoms with Crippen LogP contribution in [-0.4, -0.2) is 287 Å². The van der Waals surface area contributed by atoms with Gasteiger partial charge in [0.05, 0.1) is 38.7 Å². The molecule has 18 amide bonds. The maximum atomic E-state index is 15.1. The normalized spacial score (nSPS) is 27.7. The molecule has 0 unspecified atom stereocenters. The van der Waals surface area contributed by atoms with Gasteiger partial charge in [0.25, 0.3) is 0 Å². The third-order valence-corrected chi connectivity index (χ3v) is 23.7. The van der Waals surface area contributed by atoms with Crippen LogP contribution >= 0.6 is 43.2 Å². The number of H-pyrrole nitrogens is 1. The molecule has 115 heavy (non-hydrogen) atoms. The lowest BCUT2D eigenvalue weighted by molar-refractivity contribution is -0.145. The summed E-state index contributed by atoms with van der Waals surface area (Å²) in [6, 6.07) is -20.3. The van der Waals surface area contributed by atoms with E-state index < -0.39 is 277 Å². The summed E-state index contributed by atoms with van der Waals surface area (Å²) in [7, 11) is 3.15. The highest BCUT2D eigenvalue weighted by Crippen LogP contribution is 2.28. The number of hydrogen-bond acceptors (Lipinski definition) is 27. The first kappa shape index (κ1) is 93.3. The minimum absolute atomic E-state index is 0.0331. The molecule has 5 heterocycles. The number of hydrogen-bond donors (Lipinski definition) is 21. The molecule has 0 saturated carbocycles. The summed E-state index contributed by atoms with van der Waals surface area (Å²) in [6.07, 6.45) is -0.911. The van der Waals surface area contributed by atoms with Gasteiger partial charge >= 0.3 is 5.97 Å². The number of aromatic hydroxyl groups is 1. The van der Waals surface area contributed by atoms with Crippen molar-refractivity contribution in [2.24, 2.45) is 34.8 Å². The quantitative estimate of drug-likeness (QED) is 0.0654. The third kappa shape index (κ3) is 28.2. The Kier molecular flexibility index (Phi) is 36.5. The molecule has 0 aliphatic carbocycles. The third-order valence-electron chi connectivity index (χ3n) is 18.8. The summed E-state index contributed by atoms with van der Waals surface area (Å²) < 4.78 is 0. The van der Waals surface area contributed by atoms with Crippen molar-refractivity contribution in [1.82, 2.24) is 88.9 Å². The topological polar surface area (TPSA) is 681 Å². The zero-order chi connectivity index (χ0) is 85.1. The molecule has 4 saturated heterocycles. The number of nitrogens with one attached hydrogen (secondary N) is 14. The largest absolute Gasteiger partial charge is 0.508 e. The number of phenolic OH excluding ortho intramolecular Hbond substituents is 1. The van der Waals surface area contributed by atoms with Crippen molar-refractivity contribution in [1.29, 1.82) is 0 Å².